The van der Waals surface area contributed by atoms with Crippen LogP contribution in [0.3, 0.4) is 0 Å². The van der Waals surface area contributed by atoms with E-state index in [9.17, 15) is 0 Å². The highest BCUT2D eigenvalue weighted by atomic mass is 79.9. The zero-order valence-electron chi connectivity index (χ0n) is 11.2. The molecule has 0 N–H and O–H groups in total. The fraction of sp³-hybridized carbons (Fsp3) is 0.538. The molecule has 1 aliphatic heterocycles. The summed E-state index contributed by atoms with van der Waals surface area (Å²) in [7, 11) is 0. The number of hydrogen-bond acceptors (Lipinski definition) is 4. The molecule has 0 aromatic carbocycles. The summed E-state index contributed by atoms with van der Waals surface area (Å²) < 4.78 is 8.44. The van der Waals surface area contributed by atoms with Gasteiger partial charge in [0.2, 0.25) is 5.78 Å². The fourth-order valence-corrected chi connectivity index (χ4v) is 3.10. The summed E-state index contributed by atoms with van der Waals surface area (Å²) >= 11 is 3.66. The SMILES string of the molecule is Cc1cc(C)n2c(Br)c(CN3CCOCC3)nc2n1. The molecule has 0 bridgehead atoms. The Kier molecular flexibility index (Phi) is 3.56. The van der Waals surface area contributed by atoms with Gasteiger partial charge in [0, 0.05) is 31.0 Å². The smallest absolute Gasteiger partial charge is 0.235 e. The quantitative estimate of drug-likeness (QED) is 0.846. The van der Waals surface area contributed by atoms with Gasteiger partial charge in [-0.05, 0) is 35.8 Å². The van der Waals surface area contributed by atoms with Gasteiger partial charge in [-0.15, -0.1) is 0 Å². The minimum atomic E-state index is 0.771. The Hall–Kier alpha value is -0.980. The number of fused-ring (bicyclic) bond motifs is 1. The third-order valence-electron chi connectivity index (χ3n) is 3.39. The van der Waals surface area contributed by atoms with Gasteiger partial charge in [0.1, 0.15) is 4.60 Å². The molecule has 0 atom stereocenters. The van der Waals surface area contributed by atoms with Gasteiger partial charge in [0.15, 0.2) is 0 Å². The Balaban J connectivity index is 1.95. The zero-order valence-corrected chi connectivity index (χ0v) is 12.8. The number of aryl methyl sites for hydroxylation is 2. The van der Waals surface area contributed by atoms with Crippen molar-refractivity contribution in [1.82, 2.24) is 19.3 Å². The molecule has 19 heavy (non-hydrogen) atoms. The van der Waals surface area contributed by atoms with E-state index in [0.717, 1.165) is 60.3 Å². The summed E-state index contributed by atoms with van der Waals surface area (Å²) in [6, 6.07) is 2.07. The van der Waals surface area contributed by atoms with Crippen molar-refractivity contribution in [2.45, 2.75) is 20.4 Å². The van der Waals surface area contributed by atoms with E-state index in [1.54, 1.807) is 0 Å². The van der Waals surface area contributed by atoms with E-state index in [0.29, 0.717) is 0 Å². The summed E-state index contributed by atoms with van der Waals surface area (Å²) in [4.78, 5) is 11.5. The third kappa shape index (κ3) is 2.52. The molecule has 0 saturated carbocycles. The largest absolute Gasteiger partial charge is 0.379 e. The average molecular weight is 325 g/mol. The first-order valence-electron chi connectivity index (χ1n) is 6.46. The number of morpholine rings is 1. The molecule has 3 rings (SSSR count). The molecular formula is C13H17BrN4O. The predicted octanol–water partition coefficient (Wildman–Crippen LogP) is 1.94. The molecule has 3 heterocycles. The molecular weight excluding hydrogens is 308 g/mol. The van der Waals surface area contributed by atoms with Crippen LogP contribution >= 0.6 is 15.9 Å². The van der Waals surface area contributed by atoms with Crippen molar-refractivity contribution in [3.8, 4) is 0 Å². The minimum Gasteiger partial charge on any atom is -0.379 e. The van der Waals surface area contributed by atoms with Crippen molar-refractivity contribution in [3.63, 3.8) is 0 Å². The Labute approximate surface area is 120 Å². The standard InChI is InChI=1S/C13H17BrN4O/c1-9-7-10(2)18-12(14)11(16-13(18)15-9)8-17-3-5-19-6-4-17/h7H,3-6,8H2,1-2H3. The van der Waals surface area contributed by atoms with Crippen LogP contribution in [0.1, 0.15) is 17.1 Å². The van der Waals surface area contributed by atoms with Crippen LogP contribution in [-0.2, 0) is 11.3 Å². The summed E-state index contributed by atoms with van der Waals surface area (Å²) in [5.41, 5.74) is 3.19. The van der Waals surface area contributed by atoms with Gasteiger partial charge in [-0.2, -0.15) is 0 Å². The normalized spacial score (nSPS) is 17.2. The highest BCUT2D eigenvalue weighted by Gasteiger charge is 2.17. The summed E-state index contributed by atoms with van der Waals surface area (Å²) in [6.45, 7) is 8.45. The van der Waals surface area contributed by atoms with Crippen LogP contribution in [0.5, 0.6) is 0 Å². The molecule has 1 aliphatic rings. The van der Waals surface area contributed by atoms with Crippen LogP contribution in [0.4, 0.5) is 0 Å². The molecule has 0 amide bonds. The van der Waals surface area contributed by atoms with Crippen molar-refractivity contribution < 1.29 is 4.74 Å². The summed E-state index contributed by atoms with van der Waals surface area (Å²) in [5, 5.41) is 0. The molecule has 1 fully saturated rings. The minimum absolute atomic E-state index is 0.771. The van der Waals surface area contributed by atoms with Gasteiger partial charge in [-0.1, -0.05) is 0 Å². The van der Waals surface area contributed by atoms with E-state index >= 15 is 0 Å². The predicted molar refractivity (Wildman–Crippen MR) is 76.3 cm³/mol. The van der Waals surface area contributed by atoms with Gasteiger partial charge in [-0.3, -0.25) is 9.30 Å². The van der Waals surface area contributed by atoms with Crippen LogP contribution in [-0.4, -0.2) is 45.6 Å². The summed E-state index contributed by atoms with van der Waals surface area (Å²) in [5.74, 6) is 0.771. The molecule has 0 radical (unpaired) electrons. The average Bonchev–Trinajstić information content (AvgIpc) is 2.67. The van der Waals surface area contributed by atoms with Crippen molar-refractivity contribution in [1.29, 1.82) is 0 Å². The number of rotatable bonds is 2. The van der Waals surface area contributed by atoms with E-state index in [2.05, 4.69) is 48.2 Å². The molecule has 102 valence electrons. The zero-order chi connectivity index (χ0) is 13.4. The molecule has 0 spiro atoms. The number of imidazole rings is 1. The monoisotopic (exact) mass is 324 g/mol. The second kappa shape index (κ2) is 5.19. The van der Waals surface area contributed by atoms with E-state index in [-0.39, 0.29) is 0 Å². The van der Waals surface area contributed by atoms with Crippen LogP contribution in [0, 0.1) is 13.8 Å². The van der Waals surface area contributed by atoms with Crippen molar-refractivity contribution >= 4 is 21.7 Å². The Morgan fingerprint density at radius 3 is 2.74 bits per heavy atom. The number of nitrogens with zero attached hydrogens (tertiary/aromatic N) is 4. The second-order valence-corrected chi connectivity index (χ2v) is 5.66. The fourth-order valence-electron chi connectivity index (χ4n) is 2.45. The molecule has 6 heteroatoms. The Bertz CT molecular complexity index is 604. The van der Waals surface area contributed by atoms with Gasteiger partial charge >= 0.3 is 0 Å². The van der Waals surface area contributed by atoms with E-state index in [1.807, 2.05) is 6.92 Å². The molecule has 1 saturated heterocycles. The first kappa shape index (κ1) is 13.0. The Morgan fingerprint density at radius 2 is 2.00 bits per heavy atom. The van der Waals surface area contributed by atoms with Gasteiger partial charge in [-0.25, -0.2) is 9.97 Å². The van der Waals surface area contributed by atoms with E-state index < -0.39 is 0 Å². The van der Waals surface area contributed by atoms with Gasteiger partial charge < -0.3 is 4.74 Å². The number of ether oxygens (including phenoxy) is 1. The van der Waals surface area contributed by atoms with Crippen LogP contribution < -0.4 is 0 Å². The van der Waals surface area contributed by atoms with Gasteiger partial charge in [0.05, 0.1) is 18.9 Å². The van der Waals surface area contributed by atoms with Crippen molar-refractivity contribution in [2.24, 2.45) is 0 Å². The lowest BCUT2D eigenvalue weighted by Gasteiger charge is -2.25. The molecule has 2 aromatic heterocycles. The lowest BCUT2D eigenvalue weighted by molar-refractivity contribution is 0.0336. The van der Waals surface area contributed by atoms with E-state index in [1.165, 1.54) is 0 Å². The number of aromatic nitrogens is 3. The van der Waals surface area contributed by atoms with E-state index in [4.69, 9.17) is 4.74 Å². The molecule has 2 aromatic rings. The molecule has 0 unspecified atom stereocenters. The third-order valence-corrected chi connectivity index (χ3v) is 4.21. The van der Waals surface area contributed by atoms with Crippen molar-refractivity contribution in [2.75, 3.05) is 26.3 Å². The van der Waals surface area contributed by atoms with Gasteiger partial charge in [0.25, 0.3) is 0 Å². The first-order valence-corrected chi connectivity index (χ1v) is 7.25. The molecule has 0 aliphatic carbocycles. The highest BCUT2D eigenvalue weighted by Crippen LogP contribution is 2.22. The number of halogens is 1. The lowest BCUT2D eigenvalue weighted by Crippen LogP contribution is -2.35. The van der Waals surface area contributed by atoms with Crippen LogP contribution in [0.15, 0.2) is 10.7 Å². The Morgan fingerprint density at radius 1 is 1.26 bits per heavy atom. The summed E-state index contributed by atoms with van der Waals surface area (Å²) in [6.07, 6.45) is 0. The van der Waals surface area contributed by atoms with Crippen LogP contribution in [0.25, 0.3) is 5.78 Å². The highest BCUT2D eigenvalue weighted by molar-refractivity contribution is 9.10. The lowest BCUT2D eigenvalue weighted by atomic mass is 10.3. The van der Waals surface area contributed by atoms with Crippen LogP contribution in [0.2, 0.25) is 0 Å². The second-order valence-electron chi connectivity index (χ2n) is 4.91. The molecule has 5 nitrogen and oxygen atoms in total. The topological polar surface area (TPSA) is 42.7 Å². The number of hydrogen-bond donors (Lipinski definition) is 0. The maximum atomic E-state index is 5.37. The maximum Gasteiger partial charge on any atom is 0.235 e. The first-order chi connectivity index (χ1) is 9.15. The van der Waals surface area contributed by atoms with Crippen molar-refractivity contribution in [3.05, 3.63) is 27.8 Å². The maximum absolute atomic E-state index is 5.37.